The second-order valence-corrected chi connectivity index (χ2v) is 4.25. The predicted molar refractivity (Wildman–Crippen MR) is 68.9 cm³/mol. The smallest absolute Gasteiger partial charge is 0.319 e. The molecule has 1 aromatic rings. The van der Waals surface area contributed by atoms with Gasteiger partial charge in [0.1, 0.15) is 11.6 Å². The molecule has 19 heavy (non-hydrogen) atoms. The molecule has 2 rings (SSSR count). The third-order valence-electron chi connectivity index (χ3n) is 2.81. The third kappa shape index (κ3) is 4.03. The summed E-state index contributed by atoms with van der Waals surface area (Å²) >= 11 is 0. The molecule has 102 valence electrons. The normalized spacial score (nSPS) is 14.7. The van der Waals surface area contributed by atoms with Crippen LogP contribution in [0.4, 0.5) is 19.3 Å². The van der Waals surface area contributed by atoms with Crippen molar-refractivity contribution in [1.29, 1.82) is 0 Å². The number of nitrogens with one attached hydrogen (secondary N) is 3. The molecule has 1 heterocycles. The number of urea groups is 1. The summed E-state index contributed by atoms with van der Waals surface area (Å²) in [6.45, 7) is 2.11. The summed E-state index contributed by atoms with van der Waals surface area (Å²) in [6, 6.07) is 2.50. The van der Waals surface area contributed by atoms with Crippen LogP contribution in [-0.2, 0) is 0 Å². The number of anilines is 1. The Labute approximate surface area is 109 Å². The maximum Gasteiger partial charge on any atom is 0.319 e. The maximum absolute atomic E-state index is 13.3. The zero-order valence-electron chi connectivity index (χ0n) is 10.3. The van der Waals surface area contributed by atoms with Crippen LogP contribution in [0.15, 0.2) is 29.8 Å². The fourth-order valence-electron chi connectivity index (χ4n) is 1.78. The van der Waals surface area contributed by atoms with Crippen molar-refractivity contribution in [2.45, 2.75) is 6.42 Å². The highest BCUT2D eigenvalue weighted by Gasteiger charge is 2.09. The van der Waals surface area contributed by atoms with Crippen LogP contribution >= 0.6 is 0 Å². The van der Waals surface area contributed by atoms with Crippen LogP contribution < -0.4 is 16.0 Å². The van der Waals surface area contributed by atoms with Crippen LogP contribution in [0.3, 0.4) is 0 Å². The van der Waals surface area contributed by atoms with Crippen LogP contribution in [-0.4, -0.2) is 25.7 Å². The first kappa shape index (κ1) is 13.5. The van der Waals surface area contributed by atoms with Crippen LogP contribution in [0.5, 0.6) is 0 Å². The van der Waals surface area contributed by atoms with Gasteiger partial charge in [0.2, 0.25) is 0 Å². The highest BCUT2D eigenvalue weighted by Crippen LogP contribution is 2.14. The van der Waals surface area contributed by atoms with Gasteiger partial charge in [0.05, 0.1) is 5.69 Å². The van der Waals surface area contributed by atoms with E-state index in [1.807, 2.05) is 6.08 Å². The molecule has 6 heteroatoms. The lowest BCUT2D eigenvalue weighted by molar-refractivity contribution is 0.252. The zero-order valence-corrected chi connectivity index (χ0v) is 10.3. The molecule has 0 spiro atoms. The molecule has 4 nitrogen and oxygen atoms in total. The van der Waals surface area contributed by atoms with Gasteiger partial charge < -0.3 is 16.0 Å². The van der Waals surface area contributed by atoms with Crippen molar-refractivity contribution in [3.63, 3.8) is 0 Å². The predicted octanol–water partition coefficient (Wildman–Crippen LogP) is 2.01. The minimum Gasteiger partial charge on any atom is -0.334 e. The molecule has 0 bridgehead atoms. The lowest BCUT2D eigenvalue weighted by Gasteiger charge is -2.15. The third-order valence-corrected chi connectivity index (χ3v) is 2.81. The van der Waals surface area contributed by atoms with Gasteiger partial charge in [-0.3, -0.25) is 0 Å². The fourth-order valence-corrected chi connectivity index (χ4v) is 1.78. The standard InChI is InChI=1S/C13H15F2N3O/c14-10-1-2-12(11(15)7-10)18-13(19)17-8-9-3-5-16-6-4-9/h1-3,7,16H,4-6,8H2,(H2,17,18,19). The molecule has 0 saturated heterocycles. The lowest BCUT2D eigenvalue weighted by Crippen LogP contribution is -2.32. The average Bonchev–Trinajstić information content (AvgIpc) is 2.41. The van der Waals surface area contributed by atoms with Crippen molar-refractivity contribution < 1.29 is 13.6 Å². The number of benzene rings is 1. The first-order valence-corrected chi connectivity index (χ1v) is 6.03. The van der Waals surface area contributed by atoms with E-state index < -0.39 is 17.7 Å². The van der Waals surface area contributed by atoms with Crippen LogP contribution in [0.1, 0.15) is 6.42 Å². The number of hydrogen-bond donors (Lipinski definition) is 3. The first-order valence-electron chi connectivity index (χ1n) is 6.03. The highest BCUT2D eigenvalue weighted by molar-refractivity contribution is 5.89. The van der Waals surface area contributed by atoms with Gasteiger partial charge in [-0.2, -0.15) is 0 Å². The summed E-state index contributed by atoms with van der Waals surface area (Å²) < 4.78 is 26.0. The molecule has 1 aliphatic heterocycles. The van der Waals surface area contributed by atoms with Crippen molar-refractivity contribution in [2.24, 2.45) is 0 Å². The molecule has 0 unspecified atom stereocenters. The van der Waals surface area contributed by atoms with Crippen LogP contribution in [0, 0.1) is 11.6 Å². The number of amides is 2. The molecule has 0 radical (unpaired) electrons. The zero-order chi connectivity index (χ0) is 13.7. The monoisotopic (exact) mass is 267 g/mol. The largest absolute Gasteiger partial charge is 0.334 e. The van der Waals surface area contributed by atoms with Gasteiger partial charge in [-0.25, -0.2) is 13.6 Å². The number of carbonyl (C=O) groups is 1. The minimum atomic E-state index is -0.795. The maximum atomic E-state index is 13.3. The topological polar surface area (TPSA) is 53.2 Å². The Bertz CT molecular complexity index is 503. The number of hydrogen-bond acceptors (Lipinski definition) is 2. The Morgan fingerprint density at radius 2 is 2.21 bits per heavy atom. The van der Waals surface area contributed by atoms with Gasteiger partial charge in [-0.05, 0) is 25.1 Å². The molecule has 0 atom stereocenters. The van der Waals surface area contributed by atoms with E-state index in [9.17, 15) is 13.6 Å². The highest BCUT2D eigenvalue weighted by atomic mass is 19.1. The van der Waals surface area contributed by atoms with E-state index in [0.717, 1.165) is 37.2 Å². The lowest BCUT2D eigenvalue weighted by atomic mass is 10.1. The van der Waals surface area contributed by atoms with E-state index in [1.54, 1.807) is 0 Å². The van der Waals surface area contributed by atoms with Crippen LogP contribution in [0.2, 0.25) is 0 Å². The van der Waals surface area contributed by atoms with Crippen molar-refractivity contribution in [3.8, 4) is 0 Å². The molecule has 0 saturated carbocycles. The van der Waals surface area contributed by atoms with Crippen molar-refractivity contribution in [3.05, 3.63) is 41.5 Å². The SMILES string of the molecule is O=C(NCC1=CCNCC1)Nc1ccc(F)cc1F. The summed E-state index contributed by atoms with van der Waals surface area (Å²) in [5, 5.41) is 8.14. The summed E-state index contributed by atoms with van der Waals surface area (Å²) in [4.78, 5) is 11.6. The molecule has 1 aromatic carbocycles. The van der Waals surface area contributed by atoms with Gasteiger partial charge in [0, 0.05) is 19.2 Å². The Balaban J connectivity index is 1.85. The van der Waals surface area contributed by atoms with E-state index >= 15 is 0 Å². The van der Waals surface area contributed by atoms with Gasteiger partial charge >= 0.3 is 6.03 Å². The van der Waals surface area contributed by atoms with E-state index in [4.69, 9.17) is 0 Å². The molecule has 0 aliphatic carbocycles. The molecule has 1 aliphatic rings. The average molecular weight is 267 g/mol. The van der Waals surface area contributed by atoms with Gasteiger partial charge in [0.15, 0.2) is 0 Å². The van der Waals surface area contributed by atoms with Gasteiger partial charge in [-0.1, -0.05) is 11.6 Å². The molecular formula is C13H15F2N3O. The summed E-state index contributed by atoms with van der Waals surface area (Å²) in [5.74, 6) is -1.47. The Morgan fingerprint density at radius 3 is 2.89 bits per heavy atom. The summed E-state index contributed by atoms with van der Waals surface area (Å²) in [7, 11) is 0. The fraction of sp³-hybridized carbons (Fsp3) is 0.308. The van der Waals surface area contributed by atoms with Gasteiger partial charge in [0.25, 0.3) is 0 Å². The molecule has 0 aromatic heterocycles. The first-order chi connectivity index (χ1) is 9.15. The Morgan fingerprint density at radius 1 is 1.37 bits per heavy atom. The van der Waals surface area contributed by atoms with E-state index in [1.165, 1.54) is 6.07 Å². The molecular weight excluding hydrogens is 252 g/mol. The summed E-state index contributed by atoms with van der Waals surface area (Å²) in [5.41, 5.74) is 1.09. The second kappa shape index (κ2) is 6.29. The Hall–Kier alpha value is -1.95. The van der Waals surface area contributed by atoms with E-state index in [0.29, 0.717) is 6.54 Å². The van der Waals surface area contributed by atoms with Gasteiger partial charge in [-0.15, -0.1) is 0 Å². The Kier molecular flexibility index (Phi) is 4.46. The van der Waals surface area contributed by atoms with E-state index in [-0.39, 0.29) is 5.69 Å². The van der Waals surface area contributed by atoms with Crippen LogP contribution in [0.25, 0.3) is 0 Å². The summed E-state index contributed by atoms with van der Waals surface area (Å²) in [6.07, 6.45) is 2.90. The quantitative estimate of drug-likeness (QED) is 0.734. The molecule has 0 fully saturated rings. The molecule has 2 amide bonds. The van der Waals surface area contributed by atoms with E-state index in [2.05, 4.69) is 16.0 Å². The number of halogens is 2. The number of carbonyl (C=O) groups excluding carboxylic acids is 1. The second-order valence-electron chi connectivity index (χ2n) is 4.25. The van der Waals surface area contributed by atoms with Crippen molar-refractivity contribution in [2.75, 3.05) is 25.0 Å². The van der Waals surface area contributed by atoms with Crippen molar-refractivity contribution >= 4 is 11.7 Å². The molecule has 3 N–H and O–H groups in total. The number of rotatable bonds is 3. The minimum absolute atomic E-state index is 0.0433. The van der Waals surface area contributed by atoms with Crippen molar-refractivity contribution in [1.82, 2.24) is 10.6 Å².